The van der Waals surface area contributed by atoms with Gasteiger partial charge in [0.2, 0.25) is 0 Å². The normalized spacial score (nSPS) is 11.8. The summed E-state index contributed by atoms with van der Waals surface area (Å²) < 4.78 is 11.7. The third-order valence-corrected chi connectivity index (χ3v) is 12.7. The van der Waals surface area contributed by atoms with Gasteiger partial charge in [-0.05, 0) is 64.7 Å². The van der Waals surface area contributed by atoms with Crippen LogP contribution >= 0.6 is 22.7 Å². The van der Waals surface area contributed by atoms with Crippen LogP contribution in [0.15, 0.2) is 180 Å². The molecule has 0 unspecified atom stereocenters. The van der Waals surface area contributed by atoms with Gasteiger partial charge >= 0.3 is 0 Å². The van der Waals surface area contributed by atoms with E-state index < -0.39 is 0 Å². The van der Waals surface area contributed by atoms with Crippen molar-refractivity contribution in [2.45, 2.75) is 0 Å². The summed E-state index contributed by atoms with van der Waals surface area (Å²) in [5, 5.41) is 7.23. The van der Waals surface area contributed by atoms with Gasteiger partial charge in [0, 0.05) is 47.4 Å². The topological polar surface area (TPSA) is 16.4 Å². The minimum Gasteiger partial charge on any atom is -0.455 e. The standard InChI is InChI=1S/C48H29NOS2/c1-2-11-30(12-3-1)31-21-23-32(24-22-31)33-25-27-34(28-26-33)49(40-17-10-16-37-36-14-5-8-19-43(36)51-47(37)40)41-29-39-35-13-4-7-18-42(35)50-46(39)45-38-15-6-9-20-44(38)52-48(41)45/h1-29H. The van der Waals surface area contributed by atoms with Gasteiger partial charge in [-0.2, -0.15) is 0 Å². The number of para-hydroxylation sites is 1. The third-order valence-electron chi connectivity index (χ3n) is 10.3. The lowest BCUT2D eigenvalue weighted by molar-refractivity contribution is 0.673. The predicted octanol–water partition coefficient (Wildman–Crippen LogP) is 15.1. The molecule has 0 radical (unpaired) electrons. The fourth-order valence-electron chi connectivity index (χ4n) is 7.82. The van der Waals surface area contributed by atoms with Crippen molar-refractivity contribution >= 4 is 102 Å². The van der Waals surface area contributed by atoms with Gasteiger partial charge in [0.25, 0.3) is 0 Å². The molecule has 0 atom stereocenters. The second-order valence-electron chi connectivity index (χ2n) is 13.3. The maximum atomic E-state index is 6.68. The number of benzene rings is 8. The minimum atomic E-state index is 0.909. The van der Waals surface area contributed by atoms with Crippen LogP contribution in [-0.4, -0.2) is 0 Å². The molecule has 52 heavy (non-hydrogen) atoms. The molecule has 244 valence electrons. The van der Waals surface area contributed by atoms with Crippen LogP contribution in [0.25, 0.3) is 84.5 Å². The first kappa shape index (κ1) is 29.5. The van der Waals surface area contributed by atoms with Gasteiger partial charge < -0.3 is 9.32 Å². The van der Waals surface area contributed by atoms with Gasteiger partial charge in [-0.3, -0.25) is 0 Å². The Kier molecular flexibility index (Phi) is 6.63. The Labute approximate surface area is 308 Å². The van der Waals surface area contributed by atoms with E-state index in [2.05, 4.69) is 181 Å². The van der Waals surface area contributed by atoms with E-state index in [4.69, 9.17) is 4.42 Å². The molecule has 0 aliphatic heterocycles. The van der Waals surface area contributed by atoms with E-state index >= 15 is 0 Å². The molecule has 0 amide bonds. The molecular formula is C48H29NOS2. The lowest BCUT2D eigenvalue weighted by Gasteiger charge is -2.27. The summed E-state index contributed by atoms with van der Waals surface area (Å²) in [5.41, 5.74) is 10.1. The summed E-state index contributed by atoms with van der Waals surface area (Å²) in [6.07, 6.45) is 0. The Morgan fingerprint density at radius 3 is 1.69 bits per heavy atom. The number of rotatable bonds is 5. The molecule has 8 aromatic carbocycles. The highest BCUT2D eigenvalue weighted by molar-refractivity contribution is 7.27. The average molecular weight is 700 g/mol. The van der Waals surface area contributed by atoms with Gasteiger partial charge in [-0.25, -0.2) is 0 Å². The Balaban J connectivity index is 1.16. The lowest BCUT2D eigenvalue weighted by atomic mass is 10.00. The quantitative estimate of drug-likeness (QED) is 0.178. The molecule has 0 aliphatic carbocycles. The van der Waals surface area contributed by atoms with Crippen LogP contribution in [0.1, 0.15) is 0 Å². The number of fused-ring (bicyclic) bond motifs is 10. The van der Waals surface area contributed by atoms with E-state index in [0.717, 1.165) is 33.3 Å². The number of anilines is 3. The Morgan fingerprint density at radius 2 is 0.942 bits per heavy atom. The summed E-state index contributed by atoms with van der Waals surface area (Å²) >= 11 is 3.71. The third kappa shape index (κ3) is 4.55. The van der Waals surface area contributed by atoms with Crippen LogP contribution in [0.4, 0.5) is 17.1 Å². The molecule has 2 nitrogen and oxygen atoms in total. The average Bonchev–Trinajstić information content (AvgIpc) is 3.91. The van der Waals surface area contributed by atoms with E-state index in [1.807, 2.05) is 22.7 Å². The van der Waals surface area contributed by atoms with Gasteiger partial charge in [0.1, 0.15) is 11.2 Å². The Hall–Kier alpha value is -6.20. The first-order chi connectivity index (χ1) is 25.8. The number of nitrogens with zero attached hydrogens (tertiary/aromatic N) is 1. The highest BCUT2D eigenvalue weighted by Crippen LogP contribution is 2.52. The molecular weight excluding hydrogens is 671 g/mol. The lowest BCUT2D eigenvalue weighted by Crippen LogP contribution is -2.10. The summed E-state index contributed by atoms with van der Waals surface area (Å²) in [6, 6.07) is 63.6. The first-order valence-corrected chi connectivity index (χ1v) is 19.1. The van der Waals surface area contributed by atoms with Crippen molar-refractivity contribution in [1.29, 1.82) is 0 Å². The zero-order valence-corrected chi connectivity index (χ0v) is 29.5. The zero-order chi connectivity index (χ0) is 34.2. The summed E-state index contributed by atoms with van der Waals surface area (Å²) in [5.74, 6) is 0. The SMILES string of the molecule is c1ccc(-c2ccc(-c3ccc(N(c4cccc5c4sc4ccccc45)c4cc5c6ccccc6oc5c5c4sc4ccccc45)cc3)cc2)cc1. The van der Waals surface area contributed by atoms with Crippen LogP contribution in [0.3, 0.4) is 0 Å². The highest BCUT2D eigenvalue weighted by Gasteiger charge is 2.25. The number of hydrogen-bond acceptors (Lipinski definition) is 4. The summed E-state index contributed by atoms with van der Waals surface area (Å²) in [6.45, 7) is 0. The first-order valence-electron chi connectivity index (χ1n) is 17.5. The maximum Gasteiger partial charge on any atom is 0.144 e. The number of hydrogen-bond donors (Lipinski definition) is 0. The van der Waals surface area contributed by atoms with E-state index in [0.29, 0.717) is 0 Å². The number of furan rings is 1. The number of thiophene rings is 2. The highest BCUT2D eigenvalue weighted by atomic mass is 32.1. The fourth-order valence-corrected chi connectivity index (χ4v) is 10.2. The van der Waals surface area contributed by atoms with Crippen LogP contribution in [0, 0.1) is 0 Å². The largest absolute Gasteiger partial charge is 0.455 e. The molecule has 0 aliphatic rings. The zero-order valence-electron chi connectivity index (χ0n) is 27.9. The van der Waals surface area contributed by atoms with E-state index in [1.54, 1.807) is 0 Å². The molecule has 11 rings (SSSR count). The Morgan fingerprint density at radius 1 is 0.385 bits per heavy atom. The van der Waals surface area contributed by atoms with Crippen molar-refractivity contribution in [1.82, 2.24) is 0 Å². The molecule has 4 heteroatoms. The van der Waals surface area contributed by atoms with Gasteiger partial charge in [0.05, 0.1) is 20.8 Å². The van der Waals surface area contributed by atoms with E-state index in [9.17, 15) is 0 Å². The van der Waals surface area contributed by atoms with Crippen LogP contribution < -0.4 is 4.90 Å². The molecule has 0 N–H and O–H groups in total. The monoisotopic (exact) mass is 699 g/mol. The summed E-state index contributed by atoms with van der Waals surface area (Å²) in [7, 11) is 0. The molecule has 0 saturated carbocycles. The Bertz CT molecular complexity index is 3110. The molecule has 0 saturated heterocycles. The van der Waals surface area contributed by atoms with Crippen molar-refractivity contribution in [3.8, 4) is 22.3 Å². The van der Waals surface area contributed by atoms with Crippen molar-refractivity contribution in [3.63, 3.8) is 0 Å². The smallest absolute Gasteiger partial charge is 0.144 e. The van der Waals surface area contributed by atoms with Crippen LogP contribution in [0.2, 0.25) is 0 Å². The summed E-state index contributed by atoms with van der Waals surface area (Å²) in [4.78, 5) is 2.49. The second-order valence-corrected chi connectivity index (χ2v) is 15.4. The van der Waals surface area contributed by atoms with Gasteiger partial charge in [-0.1, -0.05) is 133 Å². The minimum absolute atomic E-state index is 0.909. The molecule has 0 bridgehead atoms. The van der Waals surface area contributed by atoms with Crippen LogP contribution in [-0.2, 0) is 0 Å². The van der Waals surface area contributed by atoms with Gasteiger partial charge in [-0.15, -0.1) is 22.7 Å². The predicted molar refractivity (Wildman–Crippen MR) is 225 cm³/mol. The molecule has 0 spiro atoms. The second kappa shape index (κ2) is 11.7. The van der Waals surface area contributed by atoms with Crippen molar-refractivity contribution in [3.05, 3.63) is 176 Å². The van der Waals surface area contributed by atoms with Crippen molar-refractivity contribution in [2.24, 2.45) is 0 Å². The van der Waals surface area contributed by atoms with Crippen molar-refractivity contribution < 1.29 is 4.42 Å². The molecule has 3 aromatic heterocycles. The van der Waals surface area contributed by atoms with E-state index in [-0.39, 0.29) is 0 Å². The molecule has 11 aromatic rings. The van der Waals surface area contributed by atoms with Gasteiger partial charge in [0.15, 0.2) is 0 Å². The molecule has 3 heterocycles. The van der Waals surface area contributed by atoms with E-state index in [1.165, 1.54) is 68.3 Å². The van der Waals surface area contributed by atoms with Crippen molar-refractivity contribution in [2.75, 3.05) is 4.90 Å². The fraction of sp³-hybridized carbons (Fsp3) is 0. The molecule has 0 fully saturated rings. The van der Waals surface area contributed by atoms with Crippen LogP contribution in [0.5, 0.6) is 0 Å². The maximum absolute atomic E-state index is 6.68.